The van der Waals surface area contributed by atoms with Gasteiger partial charge in [-0.2, -0.15) is 0 Å². The van der Waals surface area contributed by atoms with Crippen LogP contribution in [-0.2, 0) is 4.79 Å². The number of carbonyl (C=O) groups excluding carboxylic acids is 1. The van der Waals surface area contributed by atoms with Crippen molar-refractivity contribution in [2.45, 2.75) is 57.5 Å². The fraction of sp³-hybridized carbons (Fsp3) is 0.909. The van der Waals surface area contributed by atoms with E-state index in [4.69, 9.17) is 0 Å². The molecule has 0 radical (unpaired) electrons. The highest BCUT2D eigenvalue weighted by molar-refractivity contribution is 5.53. The summed E-state index contributed by atoms with van der Waals surface area (Å²) in [4.78, 5) is 10.6. The van der Waals surface area contributed by atoms with Gasteiger partial charge in [0.1, 0.15) is 12.5 Å². The summed E-state index contributed by atoms with van der Waals surface area (Å²) in [6, 6.07) is 0. The fourth-order valence-electron chi connectivity index (χ4n) is 1.98. The number of hydrogen-bond acceptors (Lipinski definition) is 1. The fourth-order valence-corrected chi connectivity index (χ4v) is 1.98. The van der Waals surface area contributed by atoms with Gasteiger partial charge in [-0.1, -0.05) is 19.3 Å². The maximum absolute atomic E-state index is 13.1. The lowest BCUT2D eigenvalue weighted by atomic mass is 9.93. The second kappa shape index (κ2) is 6.11. The third kappa shape index (κ3) is 4.39. The van der Waals surface area contributed by atoms with Crippen LogP contribution in [0, 0.1) is 5.92 Å². The van der Waals surface area contributed by atoms with Gasteiger partial charge < -0.3 is 4.79 Å². The molecule has 1 nitrogen and oxygen atoms in total. The molecule has 0 aromatic rings. The minimum absolute atomic E-state index is 0.199. The van der Waals surface area contributed by atoms with Crippen LogP contribution < -0.4 is 0 Å². The smallest absolute Gasteiger partial charge is 0.123 e. The van der Waals surface area contributed by atoms with Crippen LogP contribution >= 0.6 is 0 Å². The first-order valence-electron chi connectivity index (χ1n) is 5.42. The van der Waals surface area contributed by atoms with Gasteiger partial charge in [0.2, 0.25) is 0 Å². The third-order valence-corrected chi connectivity index (χ3v) is 2.88. The van der Waals surface area contributed by atoms with Gasteiger partial charge in [0.15, 0.2) is 0 Å². The second-order valence-corrected chi connectivity index (χ2v) is 4.06. The van der Waals surface area contributed by atoms with Crippen molar-refractivity contribution < 1.29 is 9.18 Å². The van der Waals surface area contributed by atoms with E-state index in [-0.39, 0.29) is 5.92 Å². The number of rotatable bonds is 1. The van der Waals surface area contributed by atoms with Crippen LogP contribution in [0.15, 0.2) is 0 Å². The number of carbonyl (C=O) groups is 1. The predicted octanol–water partition coefficient (Wildman–Crippen LogP) is 3.27. The standard InChI is InChI=1S/C11H19FO/c12-11-7-3-1-2-5-10(9-13)6-4-8-11/h9-11H,1-8H2. The zero-order valence-electron chi connectivity index (χ0n) is 8.18. The van der Waals surface area contributed by atoms with Gasteiger partial charge >= 0.3 is 0 Å². The van der Waals surface area contributed by atoms with Gasteiger partial charge in [0.05, 0.1) is 0 Å². The molecule has 0 heterocycles. The van der Waals surface area contributed by atoms with Crippen molar-refractivity contribution in [2.75, 3.05) is 0 Å². The maximum atomic E-state index is 13.1. The van der Waals surface area contributed by atoms with Crippen molar-refractivity contribution in [1.82, 2.24) is 0 Å². The summed E-state index contributed by atoms with van der Waals surface area (Å²) in [6.45, 7) is 0. The van der Waals surface area contributed by atoms with E-state index in [0.717, 1.165) is 51.2 Å². The molecular weight excluding hydrogens is 167 g/mol. The minimum atomic E-state index is -0.620. The Kier molecular flexibility index (Phi) is 5.02. The molecule has 0 spiro atoms. The van der Waals surface area contributed by atoms with Crippen LogP contribution in [0.25, 0.3) is 0 Å². The average Bonchev–Trinajstić information content (AvgIpc) is 2.15. The van der Waals surface area contributed by atoms with E-state index in [9.17, 15) is 9.18 Å². The number of hydrogen-bond donors (Lipinski definition) is 0. The molecule has 2 unspecified atom stereocenters. The van der Waals surface area contributed by atoms with Crippen LogP contribution in [-0.4, -0.2) is 12.5 Å². The molecule has 2 heteroatoms. The van der Waals surface area contributed by atoms with Gasteiger partial charge in [-0.3, -0.25) is 0 Å². The number of halogens is 1. The van der Waals surface area contributed by atoms with E-state index in [1.807, 2.05) is 0 Å². The summed E-state index contributed by atoms with van der Waals surface area (Å²) in [5.41, 5.74) is 0. The zero-order chi connectivity index (χ0) is 9.52. The van der Waals surface area contributed by atoms with Crippen molar-refractivity contribution in [1.29, 1.82) is 0 Å². The molecule has 1 aliphatic carbocycles. The quantitative estimate of drug-likeness (QED) is 0.574. The lowest BCUT2D eigenvalue weighted by molar-refractivity contribution is -0.111. The first kappa shape index (κ1) is 10.7. The third-order valence-electron chi connectivity index (χ3n) is 2.88. The first-order chi connectivity index (χ1) is 6.33. The molecule has 76 valence electrons. The van der Waals surface area contributed by atoms with E-state index in [1.165, 1.54) is 0 Å². The largest absolute Gasteiger partial charge is 0.303 e. The van der Waals surface area contributed by atoms with Crippen molar-refractivity contribution >= 4 is 6.29 Å². The van der Waals surface area contributed by atoms with Crippen LogP contribution in [0.4, 0.5) is 4.39 Å². The number of aldehydes is 1. The summed E-state index contributed by atoms with van der Waals surface area (Å²) < 4.78 is 13.1. The van der Waals surface area contributed by atoms with E-state index in [2.05, 4.69) is 0 Å². The van der Waals surface area contributed by atoms with Gasteiger partial charge in [0.25, 0.3) is 0 Å². The summed E-state index contributed by atoms with van der Waals surface area (Å²) in [7, 11) is 0. The van der Waals surface area contributed by atoms with Crippen molar-refractivity contribution in [2.24, 2.45) is 5.92 Å². The Morgan fingerprint density at radius 3 is 2.31 bits per heavy atom. The molecule has 13 heavy (non-hydrogen) atoms. The van der Waals surface area contributed by atoms with Crippen molar-refractivity contribution in [3.8, 4) is 0 Å². The normalized spacial score (nSPS) is 32.4. The van der Waals surface area contributed by atoms with E-state index < -0.39 is 6.17 Å². The highest BCUT2D eigenvalue weighted by Gasteiger charge is 2.12. The summed E-state index contributed by atoms with van der Waals surface area (Å²) in [5, 5.41) is 0. The monoisotopic (exact) mass is 186 g/mol. The summed E-state index contributed by atoms with van der Waals surface area (Å²) >= 11 is 0. The van der Waals surface area contributed by atoms with Gasteiger partial charge in [0, 0.05) is 5.92 Å². The van der Waals surface area contributed by atoms with Crippen molar-refractivity contribution in [3.05, 3.63) is 0 Å². The maximum Gasteiger partial charge on any atom is 0.123 e. The Labute approximate surface area is 79.7 Å². The molecule has 0 amide bonds. The number of alkyl halides is 1. The molecule has 0 N–H and O–H groups in total. The molecular formula is C11H19FO. The molecule has 1 fully saturated rings. The Bertz CT molecular complexity index is 147. The molecule has 0 bridgehead atoms. The van der Waals surface area contributed by atoms with Gasteiger partial charge in [-0.05, 0) is 32.1 Å². The Hall–Kier alpha value is -0.400. The molecule has 1 rings (SSSR count). The van der Waals surface area contributed by atoms with E-state index in [1.54, 1.807) is 0 Å². The molecule has 0 aromatic heterocycles. The second-order valence-electron chi connectivity index (χ2n) is 4.06. The Morgan fingerprint density at radius 2 is 1.54 bits per heavy atom. The van der Waals surface area contributed by atoms with Crippen LogP contribution in [0.3, 0.4) is 0 Å². The average molecular weight is 186 g/mol. The molecule has 0 aromatic carbocycles. The van der Waals surface area contributed by atoms with E-state index in [0.29, 0.717) is 6.42 Å². The molecule has 0 aliphatic heterocycles. The molecule has 0 saturated heterocycles. The van der Waals surface area contributed by atoms with Crippen molar-refractivity contribution in [3.63, 3.8) is 0 Å². The van der Waals surface area contributed by atoms with Crippen LogP contribution in [0.5, 0.6) is 0 Å². The molecule has 1 aliphatic rings. The Morgan fingerprint density at radius 1 is 0.923 bits per heavy atom. The lowest BCUT2D eigenvalue weighted by Gasteiger charge is -2.14. The SMILES string of the molecule is O=CC1CCCCCC(F)CCC1. The highest BCUT2D eigenvalue weighted by Crippen LogP contribution is 2.21. The highest BCUT2D eigenvalue weighted by atomic mass is 19.1. The topological polar surface area (TPSA) is 17.1 Å². The van der Waals surface area contributed by atoms with Crippen LogP contribution in [0.2, 0.25) is 0 Å². The molecule has 1 saturated carbocycles. The Balaban J connectivity index is 2.29. The van der Waals surface area contributed by atoms with E-state index >= 15 is 0 Å². The summed E-state index contributed by atoms with van der Waals surface area (Å²) in [5.74, 6) is 0.199. The van der Waals surface area contributed by atoms with Crippen LogP contribution in [0.1, 0.15) is 51.4 Å². The van der Waals surface area contributed by atoms with Gasteiger partial charge in [-0.25, -0.2) is 4.39 Å². The zero-order valence-corrected chi connectivity index (χ0v) is 8.18. The lowest BCUT2D eigenvalue weighted by Crippen LogP contribution is -2.07. The van der Waals surface area contributed by atoms with Gasteiger partial charge in [-0.15, -0.1) is 0 Å². The predicted molar refractivity (Wildman–Crippen MR) is 51.4 cm³/mol. The minimum Gasteiger partial charge on any atom is -0.303 e. The first-order valence-corrected chi connectivity index (χ1v) is 5.42. The molecule has 2 atom stereocenters. The summed E-state index contributed by atoms with van der Waals surface area (Å²) in [6.07, 6.45) is 7.78.